The van der Waals surface area contributed by atoms with Gasteiger partial charge in [0.15, 0.2) is 0 Å². The second-order valence-electron chi connectivity index (χ2n) is 14.4. The number of halogens is 2. The molecule has 5 heterocycles. The maximum Gasteiger partial charge on any atom is 0.219 e. The summed E-state index contributed by atoms with van der Waals surface area (Å²) in [7, 11) is 3.69. The van der Waals surface area contributed by atoms with E-state index in [0.29, 0.717) is 45.9 Å². The number of nitrogens with one attached hydrogen (secondary N) is 2. The Hall–Kier alpha value is -4.48. The van der Waals surface area contributed by atoms with E-state index in [-0.39, 0.29) is 11.8 Å². The quantitative estimate of drug-likeness (QED) is 0.152. The highest BCUT2D eigenvalue weighted by molar-refractivity contribution is 6.39. The van der Waals surface area contributed by atoms with Gasteiger partial charge in [0.25, 0.3) is 0 Å². The number of aromatic nitrogens is 3. The number of hydrogen-bond acceptors (Lipinski definition) is 7. The average molecular weight is 769 g/mol. The highest BCUT2D eigenvalue weighted by Crippen LogP contribution is 2.42. The van der Waals surface area contributed by atoms with Gasteiger partial charge in [0.2, 0.25) is 17.7 Å². The minimum atomic E-state index is 0.132. The molecule has 7 rings (SSSR count). The van der Waals surface area contributed by atoms with E-state index < -0.39 is 0 Å². The van der Waals surface area contributed by atoms with Gasteiger partial charge in [-0.3, -0.25) is 14.6 Å². The highest BCUT2D eigenvalue weighted by Gasteiger charge is 2.23. The van der Waals surface area contributed by atoms with Crippen molar-refractivity contribution in [2.75, 3.05) is 33.3 Å². The normalized spacial score (nSPS) is 15.6. The zero-order valence-corrected chi connectivity index (χ0v) is 32.8. The summed E-state index contributed by atoms with van der Waals surface area (Å²) in [6.07, 6.45) is 7.70. The van der Waals surface area contributed by atoms with Crippen molar-refractivity contribution in [3.63, 3.8) is 0 Å². The fourth-order valence-corrected chi connectivity index (χ4v) is 8.43. The van der Waals surface area contributed by atoms with Gasteiger partial charge in [-0.15, -0.1) is 0 Å². The number of fused-ring (bicyclic) bond motifs is 1. The molecule has 2 aromatic carbocycles. The van der Waals surface area contributed by atoms with Crippen LogP contribution in [0.2, 0.25) is 10.0 Å². The molecule has 0 spiro atoms. The van der Waals surface area contributed by atoms with E-state index in [9.17, 15) is 9.59 Å². The lowest BCUT2D eigenvalue weighted by atomic mass is 9.99. The minimum Gasteiger partial charge on any atom is -0.481 e. The number of amides is 2. The number of likely N-dealkylation sites (tertiary alicyclic amines) is 2. The number of piperidine rings is 2. The summed E-state index contributed by atoms with van der Waals surface area (Å²) < 4.78 is 7.88. The monoisotopic (exact) mass is 767 g/mol. The molecule has 2 N–H and O–H groups in total. The van der Waals surface area contributed by atoms with Crippen molar-refractivity contribution >= 4 is 45.9 Å². The Morgan fingerprint density at radius 2 is 1.41 bits per heavy atom. The van der Waals surface area contributed by atoms with E-state index in [1.54, 1.807) is 27.2 Å². The molecule has 54 heavy (non-hydrogen) atoms. The Labute approximate surface area is 326 Å². The van der Waals surface area contributed by atoms with Gasteiger partial charge >= 0.3 is 0 Å². The number of aryl methyl sites for hydroxylation is 1. The van der Waals surface area contributed by atoms with Crippen molar-refractivity contribution in [3.05, 3.63) is 88.2 Å². The zero-order valence-electron chi connectivity index (χ0n) is 31.3. The summed E-state index contributed by atoms with van der Waals surface area (Å²) in [5.74, 6) is 0.823. The van der Waals surface area contributed by atoms with Crippen molar-refractivity contribution in [2.45, 2.75) is 64.7 Å². The van der Waals surface area contributed by atoms with E-state index >= 15 is 0 Å². The molecular weight excluding hydrogens is 721 g/mol. The van der Waals surface area contributed by atoms with Crippen LogP contribution in [0.1, 0.15) is 50.7 Å². The fourth-order valence-electron chi connectivity index (χ4n) is 7.78. The van der Waals surface area contributed by atoms with Crippen LogP contribution in [0.25, 0.3) is 44.5 Å². The number of ether oxygens (including phenoxy) is 1. The van der Waals surface area contributed by atoms with Gasteiger partial charge in [0.1, 0.15) is 0 Å². The smallest absolute Gasteiger partial charge is 0.219 e. The molecule has 0 aliphatic carbocycles. The lowest BCUT2D eigenvalue weighted by Crippen LogP contribution is -2.44. The predicted molar refractivity (Wildman–Crippen MR) is 216 cm³/mol. The van der Waals surface area contributed by atoms with Crippen molar-refractivity contribution < 1.29 is 14.3 Å². The summed E-state index contributed by atoms with van der Waals surface area (Å²) in [4.78, 5) is 36.8. The summed E-state index contributed by atoms with van der Waals surface area (Å²) in [6.45, 7) is 7.78. The first-order valence-corrected chi connectivity index (χ1v) is 19.4. The van der Waals surface area contributed by atoms with Crippen molar-refractivity contribution in [3.8, 4) is 39.5 Å². The Bertz CT molecular complexity index is 2170. The Balaban J connectivity index is 1.08. The van der Waals surface area contributed by atoms with Crippen LogP contribution >= 0.6 is 23.2 Å². The molecule has 282 valence electrons. The number of nitrogens with zero attached hydrogens (tertiary/aromatic N) is 5. The number of carbonyl (C=O) groups is 2. The lowest BCUT2D eigenvalue weighted by Gasteiger charge is -2.31. The first kappa shape index (κ1) is 37.8. The van der Waals surface area contributed by atoms with Crippen LogP contribution in [0, 0.1) is 0 Å². The molecule has 2 amide bonds. The molecule has 10 nitrogen and oxygen atoms in total. The third-order valence-electron chi connectivity index (χ3n) is 11.0. The van der Waals surface area contributed by atoms with Gasteiger partial charge in [-0.05, 0) is 49.4 Å². The first-order chi connectivity index (χ1) is 26.1. The molecular formula is C42H47Cl2N7O3. The summed E-state index contributed by atoms with van der Waals surface area (Å²) >= 11 is 14.3. The second kappa shape index (κ2) is 16.5. The van der Waals surface area contributed by atoms with E-state index in [4.69, 9.17) is 37.9 Å². The Morgan fingerprint density at radius 3 is 2.04 bits per heavy atom. The molecule has 0 saturated carbocycles. The van der Waals surface area contributed by atoms with Gasteiger partial charge in [-0.1, -0.05) is 59.6 Å². The SMILES string of the molecule is COc1nc(-c2cccc(-c3ccnc(-c4ccc5c(CNC6CCN(C(C)=O)CC6)cn(C)c5c4)c3Cl)c2Cl)ccc1CNC1CCN(C(C)=O)CC1. The van der Waals surface area contributed by atoms with Crippen LogP contribution < -0.4 is 15.4 Å². The molecule has 5 aromatic rings. The van der Waals surface area contributed by atoms with Crippen LogP contribution in [0.5, 0.6) is 5.88 Å². The van der Waals surface area contributed by atoms with Crippen LogP contribution in [-0.2, 0) is 29.7 Å². The second-order valence-corrected chi connectivity index (χ2v) is 15.1. The van der Waals surface area contributed by atoms with E-state index in [0.717, 1.165) is 91.7 Å². The predicted octanol–water partition coefficient (Wildman–Crippen LogP) is 7.49. The van der Waals surface area contributed by atoms with Gasteiger partial charge in [0, 0.05) is 123 Å². The average Bonchev–Trinajstić information content (AvgIpc) is 3.50. The Morgan fingerprint density at radius 1 is 0.796 bits per heavy atom. The topological polar surface area (TPSA) is 105 Å². The van der Waals surface area contributed by atoms with Crippen LogP contribution in [0.4, 0.5) is 0 Å². The lowest BCUT2D eigenvalue weighted by molar-refractivity contribution is -0.130. The van der Waals surface area contributed by atoms with E-state index in [1.807, 2.05) is 46.2 Å². The van der Waals surface area contributed by atoms with Crippen molar-refractivity contribution in [1.82, 2.24) is 35.0 Å². The largest absolute Gasteiger partial charge is 0.481 e. The molecule has 0 atom stereocenters. The molecule has 2 fully saturated rings. The third-order valence-corrected chi connectivity index (χ3v) is 11.8. The maximum absolute atomic E-state index is 11.7. The highest BCUT2D eigenvalue weighted by atomic mass is 35.5. The molecule has 0 bridgehead atoms. The van der Waals surface area contributed by atoms with Crippen molar-refractivity contribution in [2.24, 2.45) is 7.05 Å². The zero-order chi connectivity index (χ0) is 37.9. The standard InChI is InChI=1S/C42H47Cl2N7O3/c1-26(52)50-18-13-31(14-19-50)46-23-29-9-11-37(48-42(29)54-4)36-7-5-6-34(39(36)43)35-12-17-45-41(40(35)44)28-8-10-33-30(25-49(3)38(33)22-28)24-47-32-15-20-51(21-16-32)27(2)53/h5-12,17,22,25,31-32,46-47H,13-16,18-21,23-24H2,1-4H3. The van der Waals surface area contributed by atoms with Gasteiger partial charge in [0.05, 0.1) is 28.5 Å². The summed E-state index contributed by atoms with van der Waals surface area (Å²) in [5, 5.41) is 9.57. The molecule has 0 unspecified atom stereocenters. The number of benzene rings is 2. The third kappa shape index (κ3) is 7.98. The first-order valence-electron chi connectivity index (χ1n) is 18.6. The van der Waals surface area contributed by atoms with Gasteiger partial charge in [-0.25, -0.2) is 4.98 Å². The fraction of sp³-hybridized carbons (Fsp3) is 0.381. The van der Waals surface area contributed by atoms with Crippen molar-refractivity contribution in [1.29, 1.82) is 0 Å². The molecule has 2 aliphatic rings. The molecule has 2 aliphatic heterocycles. The molecule has 12 heteroatoms. The number of carbonyl (C=O) groups excluding carboxylic acids is 2. The number of pyridine rings is 2. The van der Waals surface area contributed by atoms with E-state index in [1.165, 1.54) is 10.9 Å². The summed E-state index contributed by atoms with van der Waals surface area (Å²) in [5.41, 5.74) is 7.91. The number of rotatable bonds is 10. The number of hydrogen-bond donors (Lipinski definition) is 2. The maximum atomic E-state index is 11.7. The number of methoxy groups -OCH3 is 1. The van der Waals surface area contributed by atoms with Crippen LogP contribution in [0.15, 0.2) is 67.0 Å². The van der Waals surface area contributed by atoms with E-state index in [2.05, 4.69) is 46.6 Å². The van der Waals surface area contributed by atoms with Gasteiger partial charge < -0.3 is 29.7 Å². The van der Waals surface area contributed by atoms with Gasteiger partial charge in [-0.2, -0.15) is 0 Å². The summed E-state index contributed by atoms with van der Waals surface area (Å²) in [6, 6.07) is 18.9. The van der Waals surface area contributed by atoms with Crippen LogP contribution in [-0.4, -0.2) is 81.5 Å². The van der Waals surface area contributed by atoms with Crippen LogP contribution in [0.3, 0.4) is 0 Å². The minimum absolute atomic E-state index is 0.132. The molecule has 2 saturated heterocycles. The molecule has 0 radical (unpaired) electrons. The molecule has 3 aromatic heterocycles. The Kier molecular flexibility index (Phi) is 11.5.